The first-order chi connectivity index (χ1) is 13.1. The van der Waals surface area contributed by atoms with Crippen molar-refractivity contribution in [3.63, 3.8) is 0 Å². The first kappa shape index (κ1) is 19.2. The Bertz CT molecular complexity index is 908. The van der Waals surface area contributed by atoms with Crippen molar-refractivity contribution in [3.05, 3.63) is 46.9 Å². The van der Waals surface area contributed by atoms with Gasteiger partial charge in [0.25, 0.3) is 0 Å². The number of rotatable bonds is 7. The monoisotopic (exact) mass is 448 g/mol. The van der Waals surface area contributed by atoms with E-state index in [0.717, 1.165) is 15.7 Å². The van der Waals surface area contributed by atoms with Crippen LogP contribution < -0.4 is 14.8 Å². The number of benzene rings is 2. The molecule has 0 spiro atoms. The van der Waals surface area contributed by atoms with E-state index in [2.05, 4.69) is 36.4 Å². The summed E-state index contributed by atoms with van der Waals surface area (Å²) in [6, 6.07) is 12.8. The number of H-pyrrole nitrogens is 1. The highest BCUT2D eigenvalue weighted by molar-refractivity contribution is 9.10. The number of thioether (sulfide) groups is 1. The van der Waals surface area contributed by atoms with Crippen molar-refractivity contribution in [1.29, 1.82) is 0 Å². The quantitative estimate of drug-likeness (QED) is 0.531. The molecule has 0 aliphatic rings. The second kappa shape index (κ2) is 8.92. The molecule has 0 atom stereocenters. The first-order valence-corrected chi connectivity index (χ1v) is 9.69. The van der Waals surface area contributed by atoms with E-state index >= 15 is 0 Å². The Kier molecular flexibility index (Phi) is 6.36. The molecule has 2 N–H and O–H groups in total. The van der Waals surface area contributed by atoms with Crippen LogP contribution in [0, 0.1) is 0 Å². The summed E-state index contributed by atoms with van der Waals surface area (Å²) in [5.74, 6) is 1.96. The van der Waals surface area contributed by atoms with Crippen LogP contribution in [-0.4, -0.2) is 41.1 Å². The number of carbonyl (C=O) groups is 1. The highest BCUT2D eigenvalue weighted by Gasteiger charge is 2.11. The molecular formula is C18H17BrN4O3S. The van der Waals surface area contributed by atoms with Crippen molar-refractivity contribution in [3.8, 4) is 22.9 Å². The van der Waals surface area contributed by atoms with E-state index in [4.69, 9.17) is 9.47 Å². The minimum absolute atomic E-state index is 0.128. The number of halogens is 1. The molecule has 0 aliphatic heterocycles. The minimum atomic E-state index is -0.128. The van der Waals surface area contributed by atoms with Gasteiger partial charge in [0.2, 0.25) is 11.1 Å². The van der Waals surface area contributed by atoms with Crippen LogP contribution >= 0.6 is 27.7 Å². The number of carbonyl (C=O) groups excluding carboxylic acids is 1. The number of anilines is 1. The van der Waals surface area contributed by atoms with Gasteiger partial charge in [-0.15, -0.1) is 5.10 Å². The smallest absolute Gasteiger partial charge is 0.234 e. The van der Waals surface area contributed by atoms with Gasteiger partial charge in [0.15, 0.2) is 5.82 Å². The van der Waals surface area contributed by atoms with Crippen LogP contribution in [0.1, 0.15) is 0 Å². The van der Waals surface area contributed by atoms with Gasteiger partial charge >= 0.3 is 0 Å². The third-order valence-electron chi connectivity index (χ3n) is 3.55. The number of hydrogen-bond acceptors (Lipinski definition) is 6. The molecule has 0 unspecified atom stereocenters. The first-order valence-electron chi connectivity index (χ1n) is 7.91. The Balaban J connectivity index is 1.62. The number of aromatic amines is 1. The summed E-state index contributed by atoms with van der Waals surface area (Å²) < 4.78 is 11.5. The molecule has 7 nitrogen and oxygen atoms in total. The number of amides is 1. The van der Waals surface area contributed by atoms with Gasteiger partial charge in [-0.05, 0) is 36.4 Å². The van der Waals surface area contributed by atoms with Crippen LogP contribution in [-0.2, 0) is 4.79 Å². The molecular weight excluding hydrogens is 432 g/mol. The molecule has 27 heavy (non-hydrogen) atoms. The van der Waals surface area contributed by atoms with Crippen molar-refractivity contribution in [2.45, 2.75) is 5.16 Å². The largest absolute Gasteiger partial charge is 0.497 e. The average Bonchev–Trinajstić information content (AvgIpc) is 3.17. The predicted octanol–water partition coefficient (Wildman–Crippen LogP) is 3.98. The fraction of sp³-hybridized carbons (Fsp3) is 0.167. The van der Waals surface area contributed by atoms with E-state index in [1.807, 2.05) is 36.4 Å². The summed E-state index contributed by atoms with van der Waals surface area (Å²) in [4.78, 5) is 16.5. The topological polar surface area (TPSA) is 89.1 Å². The summed E-state index contributed by atoms with van der Waals surface area (Å²) in [6.07, 6.45) is 0. The fourth-order valence-electron chi connectivity index (χ4n) is 2.24. The fourth-order valence-corrected chi connectivity index (χ4v) is 3.11. The molecule has 1 heterocycles. The maximum atomic E-state index is 12.1. The van der Waals surface area contributed by atoms with Gasteiger partial charge in [0.1, 0.15) is 11.5 Å². The number of methoxy groups -OCH3 is 2. The molecule has 3 aromatic rings. The number of nitrogens with one attached hydrogen (secondary N) is 2. The standard InChI is InChI=1S/C18H17BrN4O3S/c1-25-14-7-11(8-15(9-14)26-2)17-21-18(23-22-17)27-10-16(24)20-13-5-3-12(19)4-6-13/h3-9H,10H2,1-2H3,(H,20,24)(H,21,22,23). The molecule has 0 aliphatic carbocycles. The Labute approximate surface area is 169 Å². The zero-order valence-corrected chi connectivity index (χ0v) is 17.1. The highest BCUT2D eigenvalue weighted by atomic mass is 79.9. The summed E-state index contributed by atoms with van der Waals surface area (Å²) in [6.45, 7) is 0. The zero-order valence-electron chi connectivity index (χ0n) is 14.7. The summed E-state index contributed by atoms with van der Waals surface area (Å²) in [5.41, 5.74) is 1.52. The number of hydrogen-bond donors (Lipinski definition) is 2. The van der Waals surface area contributed by atoms with Crippen LogP contribution in [0.3, 0.4) is 0 Å². The third kappa shape index (κ3) is 5.24. The molecule has 0 radical (unpaired) electrons. The van der Waals surface area contributed by atoms with Crippen molar-refractivity contribution in [2.75, 3.05) is 25.3 Å². The lowest BCUT2D eigenvalue weighted by atomic mass is 10.2. The van der Waals surface area contributed by atoms with Crippen molar-refractivity contribution in [2.24, 2.45) is 0 Å². The van der Waals surface area contributed by atoms with Crippen LogP contribution in [0.15, 0.2) is 52.1 Å². The second-order valence-electron chi connectivity index (χ2n) is 5.41. The van der Waals surface area contributed by atoms with Gasteiger partial charge in [-0.2, -0.15) is 0 Å². The number of aromatic nitrogens is 3. The van der Waals surface area contributed by atoms with Gasteiger partial charge < -0.3 is 14.8 Å². The van der Waals surface area contributed by atoms with Gasteiger partial charge in [-0.25, -0.2) is 4.98 Å². The van der Waals surface area contributed by atoms with E-state index in [1.165, 1.54) is 11.8 Å². The van der Waals surface area contributed by atoms with Crippen LogP contribution in [0.2, 0.25) is 0 Å². The maximum Gasteiger partial charge on any atom is 0.234 e. The average molecular weight is 449 g/mol. The molecule has 1 aromatic heterocycles. The molecule has 0 saturated heterocycles. The SMILES string of the molecule is COc1cc(OC)cc(-c2nc(SCC(=O)Nc3ccc(Br)cc3)n[nH]2)c1. The van der Waals surface area contributed by atoms with Gasteiger partial charge in [0, 0.05) is 21.8 Å². The lowest BCUT2D eigenvalue weighted by Crippen LogP contribution is -2.13. The second-order valence-corrected chi connectivity index (χ2v) is 7.27. The van der Waals surface area contributed by atoms with Crippen molar-refractivity contribution >= 4 is 39.3 Å². The molecule has 9 heteroatoms. The Morgan fingerprint density at radius 1 is 1.15 bits per heavy atom. The number of ether oxygens (including phenoxy) is 2. The van der Waals surface area contributed by atoms with Gasteiger partial charge in [0.05, 0.1) is 20.0 Å². The summed E-state index contributed by atoms with van der Waals surface area (Å²) in [7, 11) is 3.18. The Morgan fingerprint density at radius 3 is 2.44 bits per heavy atom. The van der Waals surface area contributed by atoms with E-state index in [1.54, 1.807) is 20.3 Å². The molecule has 3 rings (SSSR count). The molecule has 140 valence electrons. The molecule has 0 bridgehead atoms. The predicted molar refractivity (Wildman–Crippen MR) is 108 cm³/mol. The van der Waals surface area contributed by atoms with Gasteiger partial charge in [-0.3, -0.25) is 9.89 Å². The molecule has 0 saturated carbocycles. The Morgan fingerprint density at radius 2 is 1.81 bits per heavy atom. The van der Waals surface area contributed by atoms with Crippen LogP contribution in [0.4, 0.5) is 5.69 Å². The summed E-state index contributed by atoms with van der Waals surface area (Å²) in [5, 5.41) is 10.3. The maximum absolute atomic E-state index is 12.1. The molecule has 2 aromatic carbocycles. The highest BCUT2D eigenvalue weighted by Crippen LogP contribution is 2.28. The van der Waals surface area contributed by atoms with E-state index in [0.29, 0.717) is 22.5 Å². The normalized spacial score (nSPS) is 10.5. The zero-order chi connectivity index (χ0) is 19.2. The van der Waals surface area contributed by atoms with Crippen LogP contribution in [0.25, 0.3) is 11.4 Å². The van der Waals surface area contributed by atoms with E-state index in [9.17, 15) is 4.79 Å². The third-order valence-corrected chi connectivity index (χ3v) is 4.93. The van der Waals surface area contributed by atoms with Crippen LogP contribution in [0.5, 0.6) is 11.5 Å². The summed E-state index contributed by atoms with van der Waals surface area (Å²) >= 11 is 4.61. The minimum Gasteiger partial charge on any atom is -0.497 e. The van der Waals surface area contributed by atoms with E-state index < -0.39 is 0 Å². The van der Waals surface area contributed by atoms with Gasteiger partial charge in [-0.1, -0.05) is 27.7 Å². The van der Waals surface area contributed by atoms with Crippen molar-refractivity contribution in [1.82, 2.24) is 15.2 Å². The lowest BCUT2D eigenvalue weighted by Gasteiger charge is -2.06. The Hall–Kier alpha value is -2.52. The van der Waals surface area contributed by atoms with E-state index in [-0.39, 0.29) is 11.7 Å². The van der Waals surface area contributed by atoms with Crippen molar-refractivity contribution < 1.29 is 14.3 Å². The molecule has 0 fully saturated rings. The lowest BCUT2D eigenvalue weighted by molar-refractivity contribution is -0.113. The number of nitrogens with zero attached hydrogens (tertiary/aromatic N) is 2. The molecule has 1 amide bonds.